The van der Waals surface area contributed by atoms with Gasteiger partial charge >= 0.3 is 0 Å². The first kappa shape index (κ1) is 24.0. The van der Waals surface area contributed by atoms with Crippen LogP contribution in [0.2, 0.25) is 10.0 Å². The number of thioether (sulfide) groups is 1. The van der Waals surface area contributed by atoms with Crippen LogP contribution in [0.3, 0.4) is 0 Å². The van der Waals surface area contributed by atoms with Crippen molar-refractivity contribution in [2.75, 3.05) is 5.75 Å². The molecule has 0 aliphatic carbocycles. The minimum atomic E-state index is -0.269. The first-order valence-electron chi connectivity index (χ1n) is 10.4. The zero-order valence-electron chi connectivity index (χ0n) is 18.5. The lowest BCUT2D eigenvalue weighted by Crippen LogP contribution is -2.21. The van der Waals surface area contributed by atoms with E-state index in [1.165, 1.54) is 11.8 Å². The van der Waals surface area contributed by atoms with Crippen molar-refractivity contribution in [1.82, 2.24) is 20.2 Å². The number of nitrogens with one attached hydrogen (secondary N) is 1. The molecule has 4 rings (SSSR count). The van der Waals surface area contributed by atoms with E-state index in [0.29, 0.717) is 32.3 Å². The maximum atomic E-state index is 12.5. The van der Waals surface area contributed by atoms with Gasteiger partial charge in [0, 0.05) is 21.8 Å². The van der Waals surface area contributed by atoms with Crippen LogP contribution in [0.4, 0.5) is 0 Å². The summed E-state index contributed by atoms with van der Waals surface area (Å²) in [5.74, 6) is 0.553. The Morgan fingerprint density at radius 2 is 1.76 bits per heavy atom. The minimum absolute atomic E-state index is 0.115. The standard InChI is InChI=1S/C25H21Cl2N5OS/c1-16-8-11-20(12-9-16)32-24(18-6-4-3-5-7-18)30-31-25(32)34-15-23(33)29-28-17(2)21-13-10-19(26)14-22(21)27/h3-14H,15H2,1-2H3,(H,29,33)/b28-17-. The number of hydrazone groups is 1. The van der Waals surface area contributed by atoms with E-state index < -0.39 is 0 Å². The lowest BCUT2D eigenvalue weighted by molar-refractivity contribution is -0.118. The molecular weight excluding hydrogens is 489 g/mol. The molecule has 3 aromatic carbocycles. The monoisotopic (exact) mass is 509 g/mol. The Morgan fingerprint density at radius 1 is 1.03 bits per heavy atom. The molecule has 0 fully saturated rings. The number of amides is 1. The topological polar surface area (TPSA) is 72.2 Å². The fourth-order valence-electron chi connectivity index (χ4n) is 3.22. The summed E-state index contributed by atoms with van der Waals surface area (Å²) in [6.07, 6.45) is 0. The number of carbonyl (C=O) groups is 1. The smallest absolute Gasteiger partial charge is 0.250 e. The summed E-state index contributed by atoms with van der Waals surface area (Å²) in [6.45, 7) is 3.80. The summed E-state index contributed by atoms with van der Waals surface area (Å²) in [4.78, 5) is 12.5. The Kier molecular flexibility index (Phi) is 7.67. The molecule has 0 saturated carbocycles. The first-order chi connectivity index (χ1) is 16.4. The molecule has 0 bridgehead atoms. The van der Waals surface area contributed by atoms with Gasteiger partial charge in [0.1, 0.15) is 0 Å². The van der Waals surface area contributed by atoms with Gasteiger partial charge in [-0.3, -0.25) is 9.36 Å². The van der Waals surface area contributed by atoms with Crippen molar-refractivity contribution in [3.05, 3.63) is 94.0 Å². The number of aryl methyl sites for hydroxylation is 1. The van der Waals surface area contributed by atoms with Crippen LogP contribution in [0.15, 0.2) is 83.1 Å². The zero-order chi connectivity index (χ0) is 24.1. The Balaban J connectivity index is 1.52. The molecule has 0 saturated heterocycles. The molecule has 4 aromatic rings. The summed E-state index contributed by atoms with van der Waals surface area (Å²) in [5.41, 5.74) is 6.87. The van der Waals surface area contributed by atoms with Gasteiger partial charge in [0.25, 0.3) is 5.91 Å². The number of nitrogens with zero attached hydrogens (tertiary/aromatic N) is 4. The van der Waals surface area contributed by atoms with Gasteiger partial charge in [-0.15, -0.1) is 10.2 Å². The largest absolute Gasteiger partial charge is 0.272 e. The molecule has 34 heavy (non-hydrogen) atoms. The second kappa shape index (κ2) is 10.9. The van der Waals surface area contributed by atoms with Gasteiger partial charge in [-0.25, -0.2) is 5.43 Å². The van der Waals surface area contributed by atoms with Crippen LogP contribution < -0.4 is 5.43 Å². The van der Waals surface area contributed by atoms with Gasteiger partial charge in [-0.2, -0.15) is 5.10 Å². The summed E-state index contributed by atoms with van der Waals surface area (Å²) < 4.78 is 1.95. The molecule has 0 radical (unpaired) electrons. The molecule has 1 aromatic heterocycles. The van der Waals surface area contributed by atoms with Gasteiger partial charge in [0.15, 0.2) is 11.0 Å². The number of halogens is 2. The first-order valence-corrected chi connectivity index (χ1v) is 12.2. The quantitative estimate of drug-likeness (QED) is 0.183. The van der Waals surface area contributed by atoms with Crippen LogP contribution >= 0.6 is 35.0 Å². The Morgan fingerprint density at radius 3 is 2.47 bits per heavy atom. The number of hydrogen-bond donors (Lipinski definition) is 1. The molecule has 1 amide bonds. The molecule has 9 heteroatoms. The van der Waals surface area contributed by atoms with E-state index in [4.69, 9.17) is 23.2 Å². The van der Waals surface area contributed by atoms with Gasteiger partial charge in [-0.05, 0) is 38.1 Å². The average molecular weight is 510 g/mol. The molecule has 1 N–H and O–H groups in total. The SMILES string of the molecule is C/C(=N/NC(=O)CSc1nnc(-c2ccccc2)n1-c1ccc(C)cc1)c1ccc(Cl)cc1Cl. The zero-order valence-corrected chi connectivity index (χ0v) is 20.8. The van der Waals surface area contributed by atoms with Crippen LogP contribution in [0, 0.1) is 6.92 Å². The Labute approximate surface area is 212 Å². The number of carbonyl (C=O) groups excluding carboxylic acids is 1. The van der Waals surface area contributed by atoms with E-state index in [1.807, 2.05) is 66.1 Å². The van der Waals surface area contributed by atoms with Crippen LogP contribution in [0.1, 0.15) is 18.1 Å². The van der Waals surface area contributed by atoms with E-state index in [1.54, 1.807) is 25.1 Å². The molecule has 1 heterocycles. The number of benzene rings is 3. The minimum Gasteiger partial charge on any atom is -0.272 e. The number of aromatic nitrogens is 3. The summed E-state index contributed by atoms with van der Waals surface area (Å²) in [5, 5.41) is 14.5. The van der Waals surface area contributed by atoms with E-state index >= 15 is 0 Å². The van der Waals surface area contributed by atoms with E-state index in [-0.39, 0.29) is 11.7 Å². The van der Waals surface area contributed by atoms with Crippen molar-refractivity contribution in [1.29, 1.82) is 0 Å². The van der Waals surface area contributed by atoms with Gasteiger partial charge in [0.05, 0.1) is 16.5 Å². The van der Waals surface area contributed by atoms with Crippen molar-refractivity contribution >= 4 is 46.6 Å². The third kappa shape index (κ3) is 5.67. The van der Waals surface area contributed by atoms with E-state index in [0.717, 1.165) is 16.8 Å². The van der Waals surface area contributed by atoms with Crippen LogP contribution in [-0.4, -0.2) is 32.1 Å². The molecule has 6 nitrogen and oxygen atoms in total. The van der Waals surface area contributed by atoms with Crippen molar-refractivity contribution in [3.8, 4) is 17.1 Å². The maximum absolute atomic E-state index is 12.5. The molecule has 0 aliphatic rings. The predicted octanol–water partition coefficient (Wildman–Crippen LogP) is 6.18. The Bertz CT molecular complexity index is 1340. The fourth-order valence-corrected chi connectivity index (χ4v) is 4.51. The van der Waals surface area contributed by atoms with Crippen LogP contribution in [-0.2, 0) is 4.79 Å². The number of hydrogen-bond acceptors (Lipinski definition) is 5. The number of rotatable bonds is 7. The van der Waals surface area contributed by atoms with Gasteiger partial charge < -0.3 is 0 Å². The summed E-state index contributed by atoms with van der Waals surface area (Å²) in [6, 6.07) is 23.0. The van der Waals surface area contributed by atoms with Crippen LogP contribution in [0.5, 0.6) is 0 Å². The summed E-state index contributed by atoms with van der Waals surface area (Å²) >= 11 is 13.5. The second-order valence-electron chi connectivity index (χ2n) is 7.49. The normalized spacial score (nSPS) is 11.5. The van der Waals surface area contributed by atoms with Crippen molar-refractivity contribution in [2.24, 2.45) is 5.10 Å². The maximum Gasteiger partial charge on any atom is 0.250 e. The third-order valence-electron chi connectivity index (χ3n) is 4.96. The molecule has 0 atom stereocenters. The molecule has 0 spiro atoms. The van der Waals surface area contributed by atoms with Crippen molar-refractivity contribution in [2.45, 2.75) is 19.0 Å². The second-order valence-corrected chi connectivity index (χ2v) is 9.27. The Hall–Kier alpha value is -3.13. The highest BCUT2D eigenvalue weighted by Crippen LogP contribution is 2.28. The van der Waals surface area contributed by atoms with Crippen molar-refractivity contribution in [3.63, 3.8) is 0 Å². The molecule has 0 aliphatic heterocycles. The molecule has 172 valence electrons. The highest BCUT2D eigenvalue weighted by atomic mass is 35.5. The van der Waals surface area contributed by atoms with Gasteiger partial charge in [0.2, 0.25) is 0 Å². The molecular formula is C25H21Cl2N5OS. The molecule has 0 unspecified atom stereocenters. The van der Waals surface area contributed by atoms with Gasteiger partial charge in [-0.1, -0.05) is 89.1 Å². The third-order valence-corrected chi connectivity index (χ3v) is 6.44. The summed E-state index contributed by atoms with van der Waals surface area (Å²) in [7, 11) is 0. The van der Waals surface area contributed by atoms with Crippen molar-refractivity contribution < 1.29 is 4.79 Å². The van der Waals surface area contributed by atoms with E-state index in [9.17, 15) is 4.79 Å². The lowest BCUT2D eigenvalue weighted by atomic mass is 10.1. The van der Waals surface area contributed by atoms with E-state index in [2.05, 4.69) is 20.7 Å². The fraction of sp³-hybridized carbons (Fsp3) is 0.120. The van der Waals surface area contributed by atoms with Crippen LogP contribution in [0.25, 0.3) is 17.1 Å². The lowest BCUT2D eigenvalue weighted by Gasteiger charge is -2.10. The highest BCUT2D eigenvalue weighted by Gasteiger charge is 2.17. The predicted molar refractivity (Wildman–Crippen MR) is 139 cm³/mol. The highest BCUT2D eigenvalue weighted by molar-refractivity contribution is 7.99. The average Bonchev–Trinajstić information content (AvgIpc) is 3.26.